The van der Waals surface area contributed by atoms with Crippen molar-refractivity contribution in [1.82, 2.24) is 0 Å². The summed E-state index contributed by atoms with van der Waals surface area (Å²) in [6, 6.07) is 10.7. The summed E-state index contributed by atoms with van der Waals surface area (Å²) in [4.78, 5) is 8.95. The van der Waals surface area contributed by atoms with Crippen LogP contribution in [0.25, 0.3) is 0 Å². The van der Waals surface area contributed by atoms with Crippen LogP contribution in [0.4, 0.5) is 0 Å². The summed E-state index contributed by atoms with van der Waals surface area (Å²) in [7, 11) is 1.31. The number of methoxy groups -OCH3 is 1. The van der Waals surface area contributed by atoms with Crippen LogP contribution in [0.3, 0.4) is 0 Å². The third-order valence-corrected chi connectivity index (χ3v) is 2.54. The van der Waals surface area contributed by atoms with Gasteiger partial charge in [0.15, 0.2) is 0 Å². The lowest BCUT2D eigenvalue weighted by molar-refractivity contribution is -0.126. The number of carbonyl (C=O) groups excluding carboxylic acids is 1. The Morgan fingerprint density at radius 2 is 1.73 bits per heavy atom. The molecule has 0 unspecified atom stereocenters. The van der Waals surface area contributed by atoms with Gasteiger partial charge in [-0.2, -0.15) is 0 Å². The fourth-order valence-electron chi connectivity index (χ4n) is 1.09. The summed E-state index contributed by atoms with van der Waals surface area (Å²) < 4.78 is 3.86. The molecule has 0 aromatic heterocycles. The number of hydrogen-bond donors (Lipinski definition) is 0. The van der Waals surface area contributed by atoms with E-state index in [4.69, 9.17) is 4.79 Å². The average Bonchev–Trinajstić information content (AvgIpc) is 2.30. The minimum atomic E-state index is 0.335. The van der Waals surface area contributed by atoms with Crippen molar-refractivity contribution in [3.63, 3.8) is 0 Å². The van der Waals surface area contributed by atoms with E-state index in [1.54, 1.807) is 0 Å². The zero-order chi connectivity index (χ0) is 11.7. The standard InChI is InChI=1S/C11H16.C2H4O2/c1-4-11(2,3)10-8-6-5-7-9-10;1-4-2-3/h5-9H,4H2,1-3H3;2H,1H3. The maximum Gasteiger partial charge on any atom is 0.292 e. The largest absolute Gasteiger partial charge is 0.471 e. The van der Waals surface area contributed by atoms with Crippen LogP contribution in [0, 0.1) is 0 Å². The third kappa shape index (κ3) is 5.21. The van der Waals surface area contributed by atoms with Gasteiger partial charge in [0.25, 0.3) is 6.47 Å². The molecule has 0 fully saturated rings. The van der Waals surface area contributed by atoms with Gasteiger partial charge in [0, 0.05) is 0 Å². The van der Waals surface area contributed by atoms with Gasteiger partial charge >= 0.3 is 0 Å². The molecule has 0 aliphatic rings. The molecule has 0 heterocycles. The molecule has 0 atom stereocenters. The molecule has 0 N–H and O–H groups in total. The van der Waals surface area contributed by atoms with Crippen molar-refractivity contribution in [2.75, 3.05) is 7.11 Å². The topological polar surface area (TPSA) is 26.3 Å². The minimum Gasteiger partial charge on any atom is -0.471 e. The first-order chi connectivity index (χ1) is 7.08. The molecule has 15 heavy (non-hydrogen) atoms. The van der Waals surface area contributed by atoms with E-state index < -0.39 is 0 Å². The number of benzene rings is 1. The van der Waals surface area contributed by atoms with Crippen molar-refractivity contribution in [3.8, 4) is 0 Å². The molecular weight excluding hydrogens is 188 g/mol. The third-order valence-electron chi connectivity index (χ3n) is 2.54. The van der Waals surface area contributed by atoms with Crippen LogP contribution >= 0.6 is 0 Å². The van der Waals surface area contributed by atoms with Gasteiger partial charge in [-0.1, -0.05) is 51.1 Å². The van der Waals surface area contributed by atoms with Crippen LogP contribution in [0.15, 0.2) is 30.3 Å². The van der Waals surface area contributed by atoms with E-state index in [-0.39, 0.29) is 0 Å². The highest BCUT2D eigenvalue weighted by molar-refractivity contribution is 5.36. The van der Waals surface area contributed by atoms with E-state index in [0.29, 0.717) is 11.9 Å². The summed E-state index contributed by atoms with van der Waals surface area (Å²) in [6.07, 6.45) is 1.19. The fraction of sp³-hybridized carbons (Fsp3) is 0.462. The lowest BCUT2D eigenvalue weighted by Crippen LogP contribution is -2.14. The SMILES string of the molecule is CCC(C)(C)c1ccccc1.COC=O. The molecule has 1 rings (SSSR count). The Morgan fingerprint density at radius 3 is 2.07 bits per heavy atom. The second-order valence-electron chi connectivity index (χ2n) is 3.94. The van der Waals surface area contributed by atoms with Crippen molar-refractivity contribution in [2.24, 2.45) is 0 Å². The van der Waals surface area contributed by atoms with Crippen LogP contribution in [0.2, 0.25) is 0 Å². The minimum absolute atomic E-state index is 0.335. The Balaban J connectivity index is 0.000000423. The molecular formula is C13H20O2. The highest BCUT2D eigenvalue weighted by Gasteiger charge is 2.16. The first kappa shape index (κ1) is 13.7. The first-order valence-corrected chi connectivity index (χ1v) is 5.10. The molecule has 0 amide bonds. The van der Waals surface area contributed by atoms with Gasteiger partial charge in [0.05, 0.1) is 7.11 Å². The van der Waals surface area contributed by atoms with Crippen molar-refractivity contribution < 1.29 is 9.53 Å². The van der Waals surface area contributed by atoms with Crippen molar-refractivity contribution in [1.29, 1.82) is 0 Å². The highest BCUT2D eigenvalue weighted by atomic mass is 16.5. The summed E-state index contributed by atoms with van der Waals surface area (Å²) in [5.41, 5.74) is 1.77. The van der Waals surface area contributed by atoms with Gasteiger partial charge < -0.3 is 4.74 Å². The molecule has 0 bridgehead atoms. The molecule has 1 aromatic carbocycles. The van der Waals surface area contributed by atoms with Crippen molar-refractivity contribution >= 4 is 6.47 Å². The molecule has 0 aliphatic carbocycles. The summed E-state index contributed by atoms with van der Waals surface area (Å²) in [5.74, 6) is 0. The zero-order valence-corrected chi connectivity index (χ0v) is 9.99. The zero-order valence-electron chi connectivity index (χ0n) is 9.99. The molecule has 1 aromatic rings. The summed E-state index contributed by atoms with van der Waals surface area (Å²) >= 11 is 0. The van der Waals surface area contributed by atoms with E-state index in [1.807, 2.05) is 0 Å². The maximum absolute atomic E-state index is 8.95. The van der Waals surface area contributed by atoms with Crippen molar-refractivity contribution in [3.05, 3.63) is 35.9 Å². The van der Waals surface area contributed by atoms with Crippen molar-refractivity contribution in [2.45, 2.75) is 32.6 Å². The highest BCUT2D eigenvalue weighted by Crippen LogP contribution is 2.25. The van der Waals surface area contributed by atoms with Gasteiger partial charge in [-0.15, -0.1) is 0 Å². The van der Waals surface area contributed by atoms with Crippen LogP contribution in [-0.4, -0.2) is 13.6 Å². The summed E-state index contributed by atoms with van der Waals surface area (Å²) in [6.45, 7) is 7.16. The number of ether oxygens (including phenoxy) is 1. The predicted octanol–water partition coefficient (Wildman–Crippen LogP) is 3.16. The quantitative estimate of drug-likeness (QED) is 0.713. The molecule has 0 spiro atoms. The van der Waals surface area contributed by atoms with Crippen LogP contribution in [-0.2, 0) is 14.9 Å². The fourth-order valence-corrected chi connectivity index (χ4v) is 1.09. The lowest BCUT2D eigenvalue weighted by atomic mass is 9.82. The Kier molecular flexibility index (Phi) is 6.43. The van der Waals surface area contributed by atoms with Gasteiger partial charge in [0.1, 0.15) is 0 Å². The number of hydrogen-bond acceptors (Lipinski definition) is 2. The normalized spacial score (nSPS) is 9.87. The monoisotopic (exact) mass is 208 g/mol. The number of carbonyl (C=O) groups is 1. The second-order valence-corrected chi connectivity index (χ2v) is 3.94. The Labute approximate surface area is 92.3 Å². The molecule has 0 radical (unpaired) electrons. The van der Waals surface area contributed by atoms with E-state index >= 15 is 0 Å². The Morgan fingerprint density at radius 1 is 1.27 bits per heavy atom. The van der Waals surface area contributed by atoms with E-state index in [2.05, 4.69) is 55.8 Å². The molecule has 2 nitrogen and oxygen atoms in total. The average molecular weight is 208 g/mol. The second kappa shape index (κ2) is 7.04. The molecule has 0 saturated carbocycles. The van der Waals surface area contributed by atoms with Gasteiger partial charge in [0.2, 0.25) is 0 Å². The molecule has 0 saturated heterocycles. The van der Waals surface area contributed by atoms with E-state index in [0.717, 1.165) is 0 Å². The van der Waals surface area contributed by atoms with Gasteiger partial charge in [-0.3, -0.25) is 4.79 Å². The predicted molar refractivity (Wildman–Crippen MR) is 62.8 cm³/mol. The summed E-state index contributed by atoms with van der Waals surface area (Å²) in [5, 5.41) is 0. The van der Waals surface area contributed by atoms with E-state index in [1.165, 1.54) is 19.1 Å². The smallest absolute Gasteiger partial charge is 0.292 e. The van der Waals surface area contributed by atoms with Crippen LogP contribution in [0.1, 0.15) is 32.8 Å². The van der Waals surface area contributed by atoms with Crippen LogP contribution < -0.4 is 0 Å². The van der Waals surface area contributed by atoms with Gasteiger partial charge in [-0.25, -0.2) is 0 Å². The first-order valence-electron chi connectivity index (χ1n) is 5.10. The Bertz CT molecular complexity index is 265. The lowest BCUT2D eigenvalue weighted by Gasteiger charge is -2.22. The van der Waals surface area contributed by atoms with E-state index in [9.17, 15) is 0 Å². The molecule has 84 valence electrons. The van der Waals surface area contributed by atoms with Crippen LogP contribution in [0.5, 0.6) is 0 Å². The molecule has 2 heteroatoms. The maximum atomic E-state index is 8.95. The Hall–Kier alpha value is -1.31. The van der Waals surface area contributed by atoms with Gasteiger partial charge in [-0.05, 0) is 17.4 Å². The molecule has 0 aliphatic heterocycles. The number of rotatable bonds is 3.